The van der Waals surface area contributed by atoms with E-state index in [2.05, 4.69) is 5.32 Å². The van der Waals surface area contributed by atoms with Crippen molar-refractivity contribution >= 4 is 29.1 Å². The lowest BCUT2D eigenvalue weighted by Gasteiger charge is -2.35. The van der Waals surface area contributed by atoms with Crippen LogP contribution < -0.4 is 16.0 Å². The number of alkyl halides is 3. The highest BCUT2D eigenvalue weighted by Gasteiger charge is 2.39. The van der Waals surface area contributed by atoms with E-state index >= 15 is 0 Å². The number of carbonyl (C=O) groups is 3. The number of primary amides is 1. The number of hydrogen-bond donors (Lipinski definition) is 2. The maximum Gasteiger partial charge on any atom is 0.418 e. The van der Waals surface area contributed by atoms with Gasteiger partial charge in [0.25, 0.3) is 11.8 Å². The largest absolute Gasteiger partial charge is 0.418 e. The van der Waals surface area contributed by atoms with Gasteiger partial charge in [0.05, 0.1) is 17.9 Å². The molecule has 1 aromatic rings. The minimum atomic E-state index is -4.76. The Morgan fingerprint density at radius 3 is 2.38 bits per heavy atom. The van der Waals surface area contributed by atoms with Crippen molar-refractivity contribution in [2.24, 2.45) is 17.6 Å². The summed E-state index contributed by atoms with van der Waals surface area (Å²) in [5.41, 5.74) is 4.10. The third kappa shape index (κ3) is 5.69. The minimum absolute atomic E-state index is 0.00530. The Balaban J connectivity index is 1.56. The second-order valence-corrected chi connectivity index (χ2v) is 9.32. The van der Waals surface area contributed by atoms with Gasteiger partial charge in [0, 0.05) is 25.3 Å². The van der Waals surface area contributed by atoms with Crippen LogP contribution in [0, 0.1) is 11.8 Å². The number of ether oxygens (including phenoxy) is 1. The van der Waals surface area contributed by atoms with E-state index in [4.69, 9.17) is 10.5 Å². The molecule has 0 spiro atoms. The van der Waals surface area contributed by atoms with Crippen LogP contribution in [0.3, 0.4) is 0 Å². The fourth-order valence-electron chi connectivity index (χ4n) is 4.46. The molecule has 1 aromatic carbocycles. The van der Waals surface area contributed by atoms with E-state index in [0.717, 1.165) is 49.1 Å². The molecule has 0 aromatic heterocycles. The summed E-state index contributed by atoms with van der Waals surface area (Å²) in [5.74, 6) is -1.37. The van der Waals surface area contributed by atoms with Gasteiger partial charge >= 0.3 is 6.18 Å². The molecule has 186 valence electrons. The van der Waals surface area contributed by atoms with E-state index in [0.29, 0.717) is 24.9 Å². The summed E-state index contributed by atoms with van der Waals surface area (Å²) in [7, 11) is 0. The molecule has 11 heteroatoms. The molecule has 0 radical (unpaired) electrons. The molecule has 1 aliphatic heterocycles. The summed E-state index contributed by atoms with van der Waals surface area (Å²) in [6.45, 7) is 0.940. The molecule has 2 saturated carbocycles. The Labute approximate surface area is 195 Å². The topological polar surface area (TPSA) is 105 Å². The Bertz CT molecular complexity index is 947. The number of carbonyl (C=O) groups excluding carboxylic acids is 3. The first-order valence-electron chi connectivity index (χ1n) is 11.6. The molecular weight excluding hydrogens is 453 g/mol. The molecule has 3 fully saturated rings. The van der Waals surface area contributed by atoms with Crippen LogP contribution in [0.5, 0.6) is 0 Å². The van der Waals surface area contributed by atoms with Crippen LogP contribution in [0.2, 0.25) is 0 Å². The van der Waals surface area contributed by atoms with Gasteiger partial charge in [0.15, 0.2) is 6.04 Å². The quantitative estimate of drug-likeness (QED) is 0.526. The van der Waals surface area contributed by atoms with Gasteiger partial charge in [-0.15, -0.1) is 0 Å². The zero-order valence-corrected chi connectivity index (χ0v) is 18.8. The van der Waals surface area contributed by atoms with Gasteiger partial charge < -0.3 is 20.7 Å². The number of anilines is 2. The summed E-state index contributed by atoms with van der Waals surface area (Å²) in [6.07, 6.45) is 0.416. The molecule has 0 unspecified atom stereocenters. The maximum atomic E-state index is 13.8. The summed E-state index contributed by atoms with van der Waals surface area (Å²) >= 11 is 0. The van der Waals surface area contributed by atoms with Crippen molar-refractivity contribution in [1.82, 2.24) is 4.90 Å². The zero-order chi connectivity index (χ0) is 24.5. The Morgan fingerprint density at radius 2 is 1.85 bits per heavy atom. The third-order valence-electron chi connectivity index (χ3n) is 6.64. The van der Waals surface area contributed by atoms with Crippen LogP contribution in [-0.4, -0.2) is 61.5 Å². The first-order chi connectivity index (χ1) is 16.1. The predicted molar refractivity (Wildman–Crippen MR) is 118 cm³/mol. The standard InChI is InChI=1S/C23H29F3N4O4/c24-23(25,26)17-10-16(6-7-18(17)30-8-9-34-13-19(30)31)28-22(33)20(21(27)32)29(12-15-4-5-15)11-14-2-1-3-14/h6-7,10,14-15,20H,1-5,8-9,11-13H2,(H2,27,32)(H,28,33)/t20-/m0/s1. The first-order valence-corrected chi connectivity index (χ1v) is 11.6. The van der Waals surface area contributed by atoms with Crippen LogP contribution in [-0.2, 0) is 25.3 Å². The number of rotatable bonds is 9. The lowest BCUT2D eigenvalue weighted by atomic mass is 9.84. The van der Waals surface area contributed by atoms with E-state index < -0.39 is 35.5 Å². The lowest BCUT2D eigenvalue weighted by molar-refractivity contribution is -0.138. The molecule has 0 bridgehead atoms. The van der Waals surface area contributed by atoms with Crippen molar-refractivity contribution in [3.8, 4) is 0 Å². The van der Waals surface area contributed by atoms with E-state index in [1.165, 1.54) is 6.07 Å². The van der Waals surface area contributed by atoms with Crippen molar-refractivity contribution in [1.29, 1.82) is 0 Å². The van der Waals surface area contributed by atoms with Gasteiger partial charge in [-0.25, -0.2) is 0 Å². The monoisotopic (exact) mass is 482 g/mol. The molecule has 3 aliphatic rings. The van der Waals surface area contributed by atoms with Crippen molar-refractivity contribution in [2.45, 2.75) is 44.3 Å². The SMILES string of the molecule is NC(=O)[C@@H](C(=O)Nc1ccc(N2CCOCC2=O)c(C(F)(F)F)c1)N(CC1CCC1)CC1CC1. The van der Waals surface area contributed by atoms with Crippen LogP contribution >= 0.6 is 0 Å². The zero-order valence-electron chi connectivity index (χ0n) is 18.8. The van der Waals surface area contributed by atoms with Gasteiger partial charge in [-0.3, -0.25) is 19.3 Å². The molecule has 1 heterocycles. The van der Waals surface area contributed by atoms with Crippen molar-refractivity contribution < 1.29 is 32.3 Å². The highest BCUT2D eigenvalue weighted by molar-refractivity contribution is 6.09. The average molecular weight is 483 g/mol. The fraction of sp³-hybridized carbons (Fsp3) is 0.609. The third-order valence-corrected chi connectivity index (χ3v) is 6.64. The predicted octanol–water partition coefficient (Wildman–Crippen LogP) is 2.37. The highest BCUT2D eigenvalue weighted by Crippen LogP contribution is 2.39. The van der Waals surface area contributed by atoms with Gasteiger partial charge in [0.2, 0.25) is 5.91 Å². The molecular formula is C23H29F3N4O4. The molecule has 34 heavy (non-hydrogen) atoms. The highest BCUT2D eigenvalue weighted by atomic mass is 19.4. The van der Waals surface area contributed by atoms with Gasteiger partial charge in [-0.2, -0.15) is 13.2 Å². The summed E-state index contributed by atoms with van der Waals surface area (Å²) < 4.78 is 46.5. The molecule has 8 nitrogen and oxygen atoms in total. The Kier molecular flexibility index (Phi) is 7.13. The summed E-state index contributed by atoms with van der Waals surface area (Å²) in [4.78, 5) is 40.2. The van der Waals surface area contributed by atoms with Crippen LogP contribution in [0.4, 0.5) is 24.5 Å². The second-order valence-electron chi connectivity index (χ2n) is 9.32. The lowest BCUT2D eigenvalue weighted by Crippen LogP contribution is -2.54. The Morgan fingerprint density at radius 1 is 1.18 bits per heavy atom. The summed E-state index contributed by atoms with van der Waals surface area (Å²) in [6, 6.07) is 1.96. The molecule has 1 atom stereocenters. The molecule has 4 rings (SSSR count). The van der Waals surface area contributed by atoms with Crippen molar-refractivity contribution in [3.05, 3.63) is 23.8 Å². The maximum absolute atomic E-state index is 13.8. The van der Waals surface area contributed by atoms with E-state index in [-0.39, 0.29) is 31.1 Å². The average Bonchev–Trinajstić information content (AvgIpc) is 3.54. The molecule has 3 amide bonds. The first kappa shape index (κ1) is 24.5. The van der Waals surface area contributed by atoms with Crippen LogP contribution in [0.1, 0.15) is 37.7 Å². The number of nitrogens with two attached hydrogens (primary N) is 1. The van der Waals surface area contributed by atoms with Crippen LogP contribution in [0.15, 0.2) is 18.2 Å². The van der Waals surface area contributed by atoms with E-state index in [1.807, 2.05) is 0 Å². The van der Waals surface area contributed by atoms with Gasteiger partial charge in [-0.05, 0) is 55.7 Å². The van der Waals surface area contributed by atoms with E-state index in [1.54, 1.807) is 4.90 Å². The molecule has 1 saturated heterocycles. The van der Waals surface area contributed by atoms with Gasteiger partial charge in [0.1, 0.15) is 6.61 Å². The van der Waals surface area contributed by atoms with Crippen molar-refractivity contribution in [3.63, 3.8) is 0 Å². The summed E-state index contributed by atoms with van der Waals surface area (Å²) in [5, 5.41) is 2.45. The fourth-order valence-corrected chi connectivity index (χ4v) is 4.46. The molecule has 3 N–H and O–H groups in total. The second kappa shape index (κ2) is 9.91. The molecule has 2 aliphatic carbocycles. The number of hydrogen-bond acceptors (Lipinski definition) is 5. The van der Waals surface area contributed by atoms with Crippen molar-refractivity contribution in [2.75, 3.05) is 43.1 Å². The smallest absolute Gasteiger partial charge is 0.370 e. The minimum Gasteiger partial charge on any atom is -0.370 e. The van der Waals surface area contributed by atoms with Gasteiger partial charge in [-0.1, -0.05) is 6.42 Å². The number of halogens is 3. The number of nitrogens with zero attached hydrogens (tertiary/aromatic N) is 2. The Hall–Kier alpha value is -2.66. The van der Waals surface area contributed by atoms with Crippen LogP contribution in [0.25, 0.3) is 0 Å². The normalized spacial score (nSPS) is 20.2. The van der Waals surface area contributed by atoms with E-state index in [9.17, 15) is 27.6 Å². The number of nitrogens with one attached hydrogen (secondary N) is 1. The number of morpholine rings is 1. The number of benzene rings is 1. The number of amides is 3.